The zero-order valence-corrected chi connectivity index (χ0v) is 22.4. The topological polar surface area (TPSA) is 105 Å². The molecule has 1 aliphatic heterocycles. The Morgan fingerprint density at radius 1 is 1.29 bits per heavy atom. The zero-order chi connectivity index (χ0) is 24.6. The standard InChI is InChI=1S/C23H26BrFN5O3PS/c1-2-33-23(31)19-18(12-34(32,29-14-4-5-14)30-15-6-7-15)27-21(22-26-9-10-35-22)28-20(19)16-8-3-13(25)11-17(16)24/h3,8-11,14-15,20H,2,4-7,12H2,1H3,(H,27,28)(H2,29,30,32). The number of carbonyl (C=O) groups excluding carboxylic acids is 1. The number of hydrogen-bond donors (Lipinski definition) is 3. The van der Waals surface area contributed by atoms with Gasteiger partial charge in [0.15, 0.2) is 10.8 Å². The number of hydrogen-bond acceptors (Lipinski definition) is 7. The summed E-state index contributed by atoms with van der Waals surface area (Å²) < 4.78 is 33.9. The predicted octanol–water partition coefficient (Wildman–Crippen LogP) is 4.65. The first-order chi connectivity index (χ1) is 16.8. The largest absolute Gasteiger partial charge is 0.463 e. The highest BCUT2D eigenvalue weighted by molar-refractivity contribution is 9.10. The number of amidine groups is 1. The number of nitrogens with zero attached hydrogens (tertiary/aromatic N) is 2. The fourth-order valence-electron chi connectivity index (χ4n) is 3.93. The van der Waals surface area contributed by atoms with Crippen LogP contribution < -0.4 is 15.5 Å². The summed E-state index contributed by atoms with van der Waals surface area (Å²) >= 11 is 4.83. The van der Waals surface area contributed by atoms with E-state index in [2.05, 4.69) is 36.4 Å². The van der Waals surface area contributed by atoms with Crippen LogP contribution in [0.1, 0.15) is 49.2 Å². The highest BCUT2D eigenvalue weighted by Gasteiger charge is 2.41. The van der Waals surface area contributed by atoms with Crippen LogP contribution in [0.3, 0.4) is 0 Å². The highest BCUT2D eigenvalue weighted by Crippen LogP contribution is 2.47. The Morgan fingerprint density at radius 3 is 2.57 bits per heavy atom. The van der Waals surface area contributed by atoms with Gasteiger partial charge in [-0.1, -0.05) is 22.0 Å². The number of esters is 1. The van der Waals surface area contributed by atoms with Gasteiger partial charge < -0.3 is 10.1 Å². The molecule has 8 nitrogen and oxygen atoms in total. The molecule has 2 aromatic rings. The molecule has 186 valence electrons. The summed E-state index contributed by atoms with van der Waals surface area (Å²) in [5.74, 6) is -0.497. The van der Waals surface area contributed by atoms with E-state index in [0.29, 0.717) is 26.6 Å². The molecule has 5 rings (SSSR count). The second kappa shape index (κ2) is 10.2. The van der Waals surface area contributed by atoms with Crippen LogP contribution in [-0.4, -0.2) is 41.6 Å². The van der Waals surface area contributed by atoms with Gasteiger partial charge in [0.1, 0.15) is 11.9 Å². The maximum Gasteiger partial charge on any atom is 0.338 e. The molecule has 0 saturated heterocycles. The average molecular weight is 582 g/mol. The summed E-state index contributed by atoms with van der Waals surface area (Å²) in [7, 11) is -3.08. The van der Waals surface area contributed by atoms with Crippen molar-refractivity contribution in [3.8, 4) is 0 Å². The van der Waals surface area contributed by atoms with E-state index in [-0.39, 0.29) is 30.4 Å². The number of allylic oxidation sites excluding steroid dienone is 1. The van der Waals surface area contributed by atoms with Crippen LogP contribution in [-0.2, 0) is 14.1 Å². The number of carbonyl (C=O) groups is 1. The van der Waals surface area contributed by atoms with Gasteiger partial charge in [0, 0.05) is 33.8 Å². The van der Waals surface area contributed by atoms with Crippen LogP contribution in [0.4, 0.5) is 4.39 Å². The summed E-state index contributed by atoms with van der Waals surface area (Å²) in [4.78, 5) is 22.5. The molecule has 0 amide bonds. The fraction of sp³-hybridized carbons (Fsp3) is 0.435. The van der Waals surface area contributed by atoms with Crippen LogP contribution >= 0.6 is 34.7 Å². The molecule has 1 unspecified atom stereocenters. The number of thiazole rings is 1. The SMILES string of the molecule is CCOC(=O)C1=C(CP(=O)(NC2CC2)NC2CC2)NC(c2nccs2)=NC1c1ccc(F)cc1Br. The van der Waals surface area contributed by atoms with Crippen molar-refractivity contribution in [2.45, 2.75) is 50.7 Å². The lowest BCUT2D eigenvalue weighted by Gasteiger charge is -2.30. The van der Waals surface area contributed by atoms with Crippen molar-refractivity contribution in [3.05, 3.63) is 61.9 Å². The van der Waals surface area contributed by atoms with E-state index in [1.54, 1.807) is 19.2 Å². The predicted molar refractivity (Wildman–Crippen MR) is 137 cm³/mol. The minimum absolute atomic E-state index is 0.0772. The molecular formula is C23H26BrFN5O3PS. The Hall–Kier alpha value is -1.91. The molecule has 12 heteroatoms. The van der Waals surface area contributed by atoms with Gasteiger partial charge in [-0.15, -0.1) is 11.3 Å². The molecular weight excluding hydrogens is 556 g/mol. The minimum Gasteiger partial charge on any atom is -0.463 e. The maximum absolute atomic E-state index is 14.1. The number of aromatic nitrogens is 1. The zero-order valence-electron chi connectivity index (χ0n) is 19.1. The first-order valence-electron chi connectivity index (χ1n) is 11.6. The Labute approximate surface area is 215 Å². The molecule has 2 saturated carbocycles. The molecule has 0 bridgehead atoms. The third kappa shape index (κ3) is 5.91. The van der Waals surface area contributed by atoms with E-state index in [4.69, 9.17) is 9.73 Å². The molecule has 2 aliphatic carbocycles. The first-order valence-corrected chi connectivity index (χ1v) is 15.2. The van der Waals surface area contributed by atoms with E-state index in [0.717, 1.165) is 25.7 Å². The van der Waals surface area contributed by atoms with Gasteiger partial charge >= 0.3 is 5.97 Å². The molecule has 3 aliphatic rings. The van der Waals surface area contributed by atoms with Crippen LogP contribution in [0, 0.1) is 5.82 Å². The van der Waals surface area contributed by atoms with Gasteiger partial charge in [-0.3, -0.25) is 19.7 Å². The van der Waals surface area contributed by atoms with Gasteiger partial charge in [-0.2, -0.15) is 0 Å². The lowest BCUT2D eigenvalue weighted by molar-refractivity contribution is -0.138. The van der Waals surface area contributed by atoms with Crippen LogP contribution in [0.5, 0.6) is 0 Å². The Morgan fingerprint density at radius 2 is 2.00 bits per heavy atom. The van der Waals surface area contributed by atoms with Gasteiger partial charge in [-0.25, -0.2) is 14.2 Å². The molecule has 0 spiro atoms. The quantitative estimate of drug-likeness (QED) is 0.277. The van der Waals surface area contributed by atoms with Crippen molar-refractivity contribution in [2.75, 3.05) is 12.8 Å². The maximum atomic E-state index is 14.1. The number of benzene rings is 1. The fourth-order valence-corrected chi connectivity index (χ4v) is 7.74. The van der Waals surface area contributed by atoms with Crippen LogP contribution in [0.2, 0.25) is 0 Å². The van der Waals surface area contributed by atoms with Crippen molar-refractivity contribution in [1.29, 1.82) is 0 Å². The lowest BCUT2D eigenvalue weighted by Crippen LogP contribution is -2.38. The van der Waals surface area contributed by atoms with E-state index < -0.39 is 25.3 Å². The van der Waals surface area contributed by atoms with E-state index in [1.807, 2.05) is 5.38 Å². The Balaban J connectivity index is 1.61. The third-order valence-electron chi connectivity index (χ3n) is 5.83. The van der Waals surface area contributed by atoms with Gasteiger partial charge in [0.05, 0.1) is 18.3 Å². The summed E-state index contributed by atoms with van der Waals surface area (Å²) in [6.07, 6.45) is 5.66. The highest BCUT2D eigenvalue weighted by atomic mass is 79.9. The summed E-state index contributed by atoms with van der Waals surface area (Å²) in [6.45, 7) is 1.91. The second-order valence-electron chi connectivity index (χ2n) is 8.83. The first kappa shape index (κ1) is 24.8. The monoisotopic (exact) mass is 581 g/mol. The molecule has 1 aromatic carbocycles. The van der Waals surface area contributed by atoms with Crippen molar-refractivity contribution in [2.24, 2.45) is 4.99 Å². The molecule has 0 radical (unpaired) electrons. The third-order valence-corrected chi connectivity index (χ3v) is 9.62. The Kier molecular flexibility index (Phi) is 7.23. The molecule has 1 aromatic heterocycles. The normalized spacial score (nSPS) is 20.4. The van der Waals surface area contributed by atoms with Crippen molar-refractivity contribution in [3.63, 3.8) is 0 Å². The van der Waals surface area contributed by atoms with E-state index in [1.165, 1.54) is 23.5 Å². The number of ether oxygens (including phenoxy) is 1. The van der Waals surface area contributed by atoms with Crippen LogP contribution in [0.15, 0.2) is 50.5 Å². The molecule has 35 heavy (non-hydrogen) atoms. The van der Waals surface area contributed by atoms with Crippen molar-refractivity contribution in [1.82, 2.24) is 20.5 Å². The summed E-state index contributed by atoms with van der Waals surface area (Å²) in [5.41, 5.74) is 1.33. The summed E-state index contributed by atoms with van der Waals surface area (Å²) in [6, 6.07) is 3.88. The second-order valence-corrected chi connectivity index (χ2v) is 12.9. The molecule has 3 N–H and O–H groups in total. The van der Waals surface area contributed by atoms with Crippen molar-refractivity contribution >= 4 is 46.5 Å². The van der Waals surface area contributed by atoms with Gasteiger partial charge in [-0.05, 0) is 50.3 Å². The van der Waals surface area contributed by atoms with E-state index in [9.17, 15) is 13.8 Å². The van der Waals surface area contributed by atoms with Gasteiger partial charge in [0.2, 0.25) is 7.44 Å². The van der Waals surface area contributed by atoms with Gasteiger partial charge in [0.25, 0.3) is 0 Å². The smallest absolute Gasteiger partial charge is 0.338 e. The van der Waals surface area contributed by atoms with E-state index >= 15 is 0 Å². The molecule has 1 atom stereocenters. The number of halogens is 2. The molecule has 2 fully saturated rings. The Bertz CT molecular complexity index is 1210. The number of nitrogens with one attached hydrogen (secondary N) is 3. The summed E-state index contributed by atoms with van der Waals surface area (Å²) in [5, 5.41) is 12.3. The average Bonchev–Trinajstić information content (AvgIpc) is 3.73. The minimum atomic E-state index is -3.08. The lowest BCUT2D eigenvalue weighted by atomic mass is 9.96. The molecule has 2 heterocycles. The van der Waals surface area contributed by atoms with Crippen LogP contribution in [0.25, 0.3) is 0 Å². The number of aliphatic imine (C=N–C) groups is 1. The number of rotatable bonds is 10. The van der Waals surface area contributed by atoms with Crippen molar-refractivity contribution < 1.29 is 18.5 Å².